The highest BCUT2D eigenvalue weighted by Gasteiger charge is 2.42. The average molecular weight is 895 g/mol. The Morgan fingerprint density at radius 3 is 2.36 bits per heavy atom. The number of alkyl halides is 2. The molecule has 64 heavy (non-hydrogen) atoms. The highest BCUT2D eigenvalue weighted by Crippen LogP contribution is 2.36. The Morgan fingerprint density at radius 1 is 0.953 bits per heavy atom. The molecule has 1 aromatic carbocycles. The van der Waals surface area contributed by atoms with Crippen molar-refractivity contribution in [1.82, 2.24) is 35.4 Å². The number of hydrogen-bond donors (Lipinski definition) is 3. The first-order valence-corrected chi connectivity index (χ1v) is 22.8. The SMILES string of the molecule is Cc1ncsc1-c1ccc([C@H](C)NC(=O)[C@@H]2CCCN2C(=O)[C@@H](NC(=O)CCC(=O)N2CCC(c3cc(Nc4cc(C#N)ccn4)nc(N4CCC(F)(F)C4)c3)CC2)C(C)(C)C)cc1. The molecule has 3 aliphatic rings. The first kappa shape index (κ1) is 46.0. The molecular formula is C47H56F2N10O4S. The molecule has 4 aromatic rings. The number of amides is 4. The number of nitriles is 1. The summed E-state index contributed by atoms with van der Waals surface area (Å²) in [6, 6.07) is 15.1. The van der Waals surface area contributed by atoms with Crippen molar-refractivity contribution < 1.29 is 28.0 Å². The van der Waals surface area contributed by atoms with E-state index in [2.05, 4.69) is 37.0 Å². The van der Waals surface area contributed by atoms with Crippen molar-refractivity contribution in [2.75, 3.05) is 42.9 Å². The maximum absolute atomic E-state index is 14.3. The predicted molar refractivity (Wildman–Crippen MR) is 241 cm³/mol. The maximum Gasteiger partial charge on any atom is 0.266 e. The number of rotatable bonds is 13. The van der Waals surface area contributed by atoms with Crippen molar-refractivity contribution >= 4 is 52.4 Å². The standard InChI is InChI=1S/C47H56F2N10O4S/c1-29(32-8-10-34(11-9-32)42-30(2)52-28-64-42)53-44(62)36-7-6-19-59(36)45(63)43(46(3,4)5)56-40(60)12-13-41(61)57-20-15-33(16-21-57)35-24-38(54-37-23-31(26-50)14-18-51-37)55-39(25-35)58-22-17-47(48,49)27-58/h8-11,14,18,23-25,28-29,33,36,43H,6-7,12-13,15-17,19-22,27H2,1-5H3,(H,53,62)(H,56,60)(H,51,54,55)/t29-,36-,43+/m0/s1. The second-order valence-corrected chi connectivity index (χ2v) is 19.0. The second-order valence-electron chi connectivity index (χ2n) is 18.2. The minimum absolute atomic E-state index is 0.0138. The fraction of sp³-hybridized carbons (Fsp3) is 0.489. The number of thiazole rings is 1. The van der Waals surface area contributed by atoms with E-state index in [1.807, 2.05) is 76.5 Å². The van der Waals surface area contributed by atoms with Crippen LogP contribution in [-0.2, 0) is 19.2 Å². The van der Waals surface area contributed by atoms with Crippen molar-refractivity contribution in [3.05, 3.63) is 82.6 Å². The fourth-order valence-electron chi connectivity index (χ4n) is 8.72. The number of halogens is 2. The number of benzene rings is 1. The highest BCUT2D eigenvalue weighted by atomic mass is 32.1. The topological polar surface area (TPSA) is 177 Å². The third kappa shape index (κ3) is 11.0. The van der Waals surface area contributed by atoms with Gasteiger partial charge < -0.3 is 30.7 Å². The molecule has 3 saturated heterocycles. The zero-order chi connectivity index (χ0) is 45.8. The number of nitrogens with one attached hydrogen (secondary N) is 3. The van der Waals surface area contributed by atoms with Gasteiger partial charge in [-0.25, -0.2) is 23.7 Å². The third-order valence-corrected chi connectivity index (χ3v) is 13.4. The number of carbonyl (C=O) groups is 4. The van der Waals surface area contributed by atoms with E-state index in [1.165, 1.54) is 6.20 Å². The van der Waals surface area contributed by atoms with E-state index in [1.54, 1.807) is 38.2 Å². The molecule has 0 saturated carbocycles. The number of piperidine rings is 1. The summed E-state index contributed by atoms with van der Waals surface area (Å²) in [7, 11) is 0. The molecule has 6 heterocycles. The first-order valence-electron chi connectivity index (χ1n) is 21.9. The van der Waals surface area contributed by atoms with Crippen molar-refractivity contribution in [1.29, 1.82) is 5.26 Å². The van der Waals surface area contributed by atoms with E-state index in [0.717, 1.165) is 27.3 Å². The van der Waals surface area contributed by atoms with Crippen LogP contribution in [-0.4, -0.2) is 99.1 Å². The van der Waals surface area contributed by atoms with Gasteiger partial charge in [-0.15, -0.1) is 11.3 Å². The first-order chi connectivity index (χ1) is 30.5. The van der Waals surface area contributed by atoms with Crippen LogP contribution in [0.5, 0.6) is 0 Å². The molecule has 3 aliphatic heterocycles. The monoisotopic (exact) mass is 894 g/mol. The van der Waals surface area contributed by atoms with Crippen LogP contribution >= 0.6 is 11.3 Å². The van der Waals surface area contributed by atoms with Crippen LogP contribution < -0.4 is 20.9 Å². The van der Waals surface area contributed by atoms with Gasteiger partial charge in [-0.1, -0.05) is 45.0 Å². The van der Waals surface area contributed by atoms with E-state index in [-0.39, 0.29) is 55.5 Å². The number of likely N-dealkylation sites (tertiary alicyclic amines) is 2. The lowest BCUT2D eigenvalue weighted by Crippen LogP contribution is -2.57. The number of nitrogens with zero attached hydrogens (tertiary/aromatic N) is 7. The van der Waals surface area contributed by atoms with E-state index in [0.29, 0.717) is 68.3 Å². The number of carbonyl (C=O) groups excluding carboxylic acids is 4. The van der Waals surface area contributed by atoms with Gasteiger partial charge in [0, 0.05) is 51.6 Å². The number of aryl methyl sites for hydroxylation is 1. The molecule has 0 bridgehead atoms. The van der Waals surface area contributed by atoms with Gasteiger partial charge in [0.05, 0.1) is 40.3 Å². The maximum atomic E-state index is 14.3. The Balaban J connectivity index is 0.924. The Bertz CT molecular complexity index is 2390. The zero-order valence-corrected chi connectivity index (χ0v) is 37.8. The summed E-state index contributed by atoms with van der Waals surface area (Å²) in [6.07, 6.45) is 3.50. The molecule has 338 valence electrons. The molecule has 3 fully saturated rings. The quantitative estimate of drug-likeness (QED) is 0.124. The van der Waals surface area contributed by atoms with Gasteiger partial charge in [-0.3, -0.25) is 19.2 Å². The van der Waals surface area contributed by atoms with Crippen molar-refractivity contribution in [2.24, 2.45) is 5.41 Å². The molecule has 3 atom stereocenters. The van der Waals surface area contributed by atoms with E-state index in [4.69, 9.17) is 0 Å². The Labute approximate surface area is 376 Å². The lowest BCUT2D eigenvalue weighted by atomic mass is 9.85. The van der Waals surface area contributed by atoms with Gasteiger partial charge in [-0.05, 0) is 91.8 Å². The predicted octanol–water partition coefficient (Wildman–Crippen LogP) is 7.25. The second kappa shape index (κ2) is 19.4. The van der Waals surface area contributed by atoms with Crippen molar-refractivity contribution in [3.63, 3.8) is 0 Å². The van der Waals surface area contributed by atoms with Crippen LogP contribution in [0.25, 0.3) is 10.4 Å². The van der Waals surface area contributed by atoms with Gasteiger partial charge in [0.1, 0.15) is 29.5 Å². The van der Waals surface area contributed by atoms with E-state index >= 15 is 0 Å². The third-order valence-electron chi connectivity index (χ3n) is 12.4. The van der Waals surface area contributed by atoms with Crippen LogP contribution in [0.4, 0.5) is 26.2 Å². The van der Waals surface area contributed by atoms with Crippen LogP contribution in [0.1, 0.15) is 107 Å². The van der Waals surface area contributed by atoms with Gasteiger partial charge in [0.25, 0.3) is 5.92 Å². The van der Waals surface area contributed by atoms with Crippen molar-refractivity contribution in [3.8, 4) is 16.5 Å². The summed E-state index contributed by atoms with van der Waals surface area (Å²) < 4.78 is 28.5. The molecule has 3 N–H and O–H groups in total. The summed E-state index contributed by atoms with van der Waals surface area (Å²) in [5, 5.41) is 18.5. The molecular weight excluding hydrogens is 839 g/mol. The number of pyridine rings is 2. The molecule has 17 heteroatoms. The summed E-state index contributed by atoms with van der Waals surface area (Å²) in [5.41, 5.74) is 5.42. The minimum Gasteiger partial charge on any atom is -0.350 e. The lowest BCUT2D eigenvalue weighted by Gasteiger charge is -2.36. The number of anilines is 3. The van der Waals surface area contributed by atoms with Gasteiger partial charge in [0.2, 0.25) is 23.6 Å². The average Bonchev–Trinajstić information content (AvgIpc) is 4.04. The smallest absolute Gasteiger partial charge is 0.266 e. The van der Waals surface area contributed by atoms with Gasteiger partial charge in [0.15, 0.2) is 0 Å². The van der Waals surface area contributed by atoms with Crippen LogP contribution in [0.15, 0.2) is 60.2 Å². The number of hydrogen-bond acceptors (Lipinski definition) is 11. The number of aromatic nitrogens is 3. The van der Waals surface area contributed by atoms with Gasteiger partial charge in [-0.2, -0.15) is 5.26 Å². The van der Waals surface area contributed by atoms with Gasteiger partial charge >= 0.3 is 0 Å². The summed E-state index contributed by atoms with van der Waals surface area (Å²) in [4.78, 5) is 74.0. The largest absolute Gasteiger partial charge is 0.350 e. The summed E-state index contributed by atoms with van der Waals surface area (Å²) in [6.45, 7) is 10.5. The molecule has 4 amide bonds. The summed E-state index contributed by atoms with van der Waals surface area (Å²) in [5.74, 6) is -2.73. The zero-order valence-electron chi connectivity index (χ0n) is 37.0. The lowest BCUT2D eigenvalue weighted by molar-refractivity contribution is -0.144. The van der Waals surface area contributed by atoms with E-state index in [9.17, 15) is 33.2 Å². The Kier molecular flexibility index (Phi) is 13.9. The van der Waals surface area contributed by atoms with Crippen LogP contribution in [0.3, 0.4) is 0 Å². The molecule has 3 aromatic heterocycles. The molecule has 7 rings (SSSR count). The minimum atomic E-state index is -2.81. The summed E-state index contributed by atoms with van der Waals surface area (Å²) >= 11 is 1.58. The van der Waals surface area contributed by atoms with Crippen LogP contribution in [0, 0.1) is 23.7 Å². The van der Waals surface area contributed by atoms with E-state index < -0.39 is 35.9 Å². The molecule has 0 radical (unpaired) electrons. The van der Waals surface area contributed by atoms with Crippen molar-refractivity contribution in [2.45, 2.75) is 110 Å². The molecule has 0 unspecified atom stereocenters. The molecule has 0 aliphatic carbocycles. The Morgan fingerprint density at radius 2 is 1.70 bits per heavy atom. The highest BCUT2D eigenvalue weighted by molar-refractivity contribution is 7.13. The van der Waals surface area contributed by atoms with Crippen LogP contribution in [0.2, 0.25) is 0 Å². The fourth-order valence-corrected chi connectivity index (χ4v) is 9.53. The molecule has 14 nitrogen and oxygen atoms in total. The normalized spacial score (nSPS) is 18.6. The Hall–Kier alpha value is -6.02. The molecule has 0 spiro atoms.